The zero-order chi connectivity index (χ0) is 27.7. The number of hydrogen-bond donors (Lipinski definition) is 6. The summed E-state index contributed by atoms with van der Waals surface area (Å²) in [5, 5.41) is 55.3. The van der Waals surface area contributed by atoms with Crippen molar-refractivity contribution < 1.29 is 44.3 Å². The van der Waals surface area contributed by atoms with Crippen molar-refractivity contribution >= 4 is 29.6 Å². The van der Waals surface area contributed by atoms with Gasteiger partial charge in [0.1, 0.15) is 23.2 Å². The van der Waals surface area contributed by atoms with Crippen molar-refractivity contribution in [2.24, 2.45) is 23.5 Å². The Morgan fingerprint density at radius 2 is 1.74 bits per heavy atom. The highest BCUT2D eigenvalue weighted by Gasteiger charge is 2.66. The van der Waals surface area contributed by atoms with Crippen LogP contribution in [0.3, 0.4) is 0 Å². The van der Waals surface area contributed by atoms with E-state index in [4.69, 9.17) is 5.73 Å². The van der Waals surface area contributed by atoms with Gasteiger partial charge in [-0.15, -0.1) is 0 Å². The number of aliphatic hydroxyl groups excluding tert-OH is 3. The molecule has 0 spiro atoms. The summed E-state index contributed by atoms with van der Waals surface area (Å²) in [5.74, 6) is -10.2. The standard InChI is InChI=1S/C28H26FNO8/c1-11-15-9-6-13(5-2-12-3-7-14(29)8-4-12)22(32)19(15)24(34)21-18(11)23(33)16-10-17(31)20(27(30)37)25(35)28(16,38)26(21)36/h2-9,11,16-18,20,23,31-33,36,38H,10H2,1H3,(H2,30,37)/b5-2+/t11-,16+,17?,18+,20?,23+,28+/m0/s1. The monoisotopic (exact) mass is 523 g/mol. The molecule has 2 aromatic rings. The molecule has 7 atom stereocenters. The van der Waals surface area contributed by atoms with Gasteiger partial charge in [-0.2, -0.15) is 0 Å². The lowest BCUT2D eigenvalue weighted by Crippen LogP contribution is -2.67. The second-order valence-electron chi connectivity index (χ2n) is 10.2. The number of Topliss-reactive ketones (excluding diaryl/α,β-unsaturated/α-hetero) is 2. The minimum atomic E-state index is -2.83. The minimum Gasteiger partial charge on any atom is -0.508 e. The molecule has 1 saturated carbocycles. The van der Waals surface area contributed by atoms with Crippen LogP contribution in [0.15, 0.2) is 47.7 Å². The van der Waals surface area contributed by atoms with E-state index in [9.17, 15) is 44.3 Å². The first-order valence-electron chi connectivity index (χ1n) is 12.1. The summed E-state index contributed by atoms with van der Waals surface area (Å²) in [4.78, 5) is 38.7. The maximum atomic E-state index is 13.7. The quantitative estimate of drug-likeness (QED) is 0.259. The van der Waals surface area contributed by atoms with Crippen molar-refractivity contribution in [2.45, 2.75) is 37.1 Å². The summed E-state index contributed by atoms with van der Waals surface area (Å²) in [5.41, 5.74) is 3.07. The molecule has 10 heteroatoms. The summed E-state index contributed by atoms with van der Waals surface area (Å²) < 4.78 is 13.2. The van der Waals surface area contributed by atoms with E-state index in [-0.39, 0.29) is 11.1 Å². The van der Waals surface area contributed by atoms with Crippen molar-refractivity contribution in [2.75, 3.05) is 0 Å². The van der Waals surface area contributed by atoms with Crippen LogP contribution in [0, 0.1) is 23.6 Å². The van der Waals surface area contributed by atoms with Crippen molar-refractivity contribution in [1.29, 1.82) is 0 Å². The molecule has 0 radical (unpaired) electrons. The topological polar surface area (TPSA) is 178 Å². The van der Waals surface area contributed by atoms with Crippen LogP contribution >= 0.6 is 0 Å². The number of nitrogens with two attached hydrogens (primary N) is 1. The number of carbonyl (C=O) groups is 3. The van der Waals surface area contributed by atoms with Crippen molar-refractivity contribution in [3.05, 3.63) is 75.8 Å². The molecule has 7 N–H and O–H groups in total. The van der Waals surface area contributed by atoms with Gasteiger partial charge in [0.15, 0.2) is 17.2 Å². The molecule has 3 aliphatic rings. The minimum absolute atomic E-state index is 0.166. The van der Waals surface area contributed by atoms with E-state index in [1.165, 1.54) is 30.3 Å². The summed E-state index contributed by atoms with van der Waals surface area (Å²) in [7, 11) is 0. The van der Waals surface area contributed by atoms with Gasteiger partial charge in [-0.3, -0.25) is 14.4 Å². The van der Waals surface area contributed by atoms with Gasteiger partial charge in [0, 0.05) is 23.0 Å². The van der Waals surface area contributed by atoms with E-state index in [1.807, 2.05) is 0 Å². The molecule has 0 bridgehead atoms. The third-order valence-electron chi connectivity index (χ3n) is 8.18. The van der Waals surface area contributed by atoms with E-state index in [0.717, 1.165) is 0 Å². The van der Waals surface area contributed by atoms with Crippen LogP contribution in [0.4, 0.5) is 4.39 Å². The molecule has 9 nitrogen and oxygen atoms in total. The summed E-state index contributed by atoms with van der Waals surface area (Å²) in [6.45, 7) is 1.66. The Morgan fingerprint density at radius 3 is 2.37 bits per heavy atom. The van der Waals surface area contributed by atoms with Gasteiger partial charge >= 0.3 is 0 Å². The number of aromatic hydroxyl groups is 1. The molecule has 2 unspecified atom stereocenters. The number of hydrogen-bond acceptors (Lipinski definition) is 8. The predicted octanol–water partition coefficient (Wildman–Crippen LogP) is 1.59. The number of phenols is 1. The Morgan fingerprint density at radius 1 is 1.08 bits per heavy atom. The molecule has 1 fully saturated rings. The first-order chi connectivity index (χ1) is 17.9. The molecular formula is C28H26FNO8. The zero-order valence-electron chi connectivity index (χ0n) is 20.2. The molecule has 2 aromatic carbocycles. The van der Waals surface area contributed by atoms with Gasteiger partial charge in [0.25, 0.3) is 0 Å². The number of ketones is 2. The number of phenolic OH excluding ortho intramolecular Hbond substituents is 1. The Labute approximate surface area is 216 Å². The number of amides is 1. The third-order valence-corrected chi connectivity index (χ3v) is 8.18. The van der Waals surface area contributed by atoms with Crippen LogP contribution in [0.1, 0.15) is 46.3 Å². The number of aliphatic hydroxyl groups is 4. The first-order valence-corrected chi connectivity index (χ1v) is 12.1. The molecule has 1 amide bonds. The molecular weight excluding hydrogens is 497 g/mol. The first kappa shape index (κ1) is 25.8. The molecule has 198 valence electrons. The predicted molar refractivity (Wildman–Crippen MR) is 132 cm³/mol. The van der Waals surface area contributed by atoms with Gasteiger partial charge in [0.05, 0.1) is 17.8 Å². The highest BCUT2D eigenvalue weighted by Crippen LogP contribution is 2.55. The summed E-state index contributed by atoms with van der Waals surface area (Å²) in [6, 6.07) is 8.78. The van der Waals surface area contributed by atoms with Crippen LogP contribution in [0.25, 0.3) is 12.2 Å². The summed E-state index contributed by atoms with van der Waals surface area (Å²) >= 11 is 0. The van der Waals surface area contributed by atoms with Crippen molar-refractivity contribution in [3.8, 4) is 5.75 Å². The maximum Gasteiger partial charge on any atom is 0.230 e. The fraction of sp³-hybridized carbons (Fsp3) is 0.321. The van der Waals surface area contributed by atoms with E-state index >= 15 is 0 Å². The highest BCUT2D eigenvalue weighted by molar-refractivity contribution is 6.16. The third kappa shape index (κ3) is 3.52. The van der Waals surface area contributed by atoms with Crippen molar-refractivity contribution in [1.82, 2.24) is 0 Å². The number of benzene rings is 2. The van der Waals surface area contributed by atoms with Gasteiger partial charge in [-0.1, -0.05) is 43.3 Å². The van der Waals surface area contributed by atoms with E-state index in [0.29, 0.717) is 11.1 Å². The Balaban J connectivity index is 1.63. The molecule has 0 aromatic heterocycles. The molecule has 0 saturated heterocycles. The fourth-order valence-electron chi connectivity index (χ4n) is 6.21. The van der Waals surface area contributed by atoms with Crippen LogP contribution in [-0.4, -0.2) is 60.8 Å². The molecule has 38 heavy (non-hydrogen) atoms. The second-order valence-corrected chi connectivity index (χ2v) is 10.2. The Bertz CT molecular complexity index is 1430. The number of carbonyl (C=O) groups excluding carboxylic acids is 3. The Hall–Kier alpha value is -3.86. The van der Waals surface area contributed by atoms with Crippen molar-refractivity contribution in [3.63, 3.8) is 0 Å². The van der Waals surface area contributed by atoms with E-state index in [2.05, 4.69) is 0 Å². The van der Waals surface area contributed by atoms with E-state index < -0.39 is 88.3 Å². The molecule has 3 aliphatic carbocycles. The van der Waals surface area contributed by atoms with Crippen LogP contribution < -0.4 is 5.73 Å². The van der Waals surface area contributed by atoms with E-state index in [1.54, 1.807) is 25.1 Å². The van der Waals surface area contributed by atoms with Gasteiger partial charge < -0.3 is 31.3 Å². The normalized spacial score (nSPS) is 32.7. The highest BCUT2D eigenvalue weighted by atomic mass is 19.1. The van der Waals surface area contributed by atoms with Crippen LogP contribution in [-0.2, 0) is 9.59 Å². The van der Waals surface area contributed by atoms with Gasteiger partial charge in [0.2, 0.25) is 5.91 Å². The summed E-state index contributed by atoms with van der Waals surface area (Å²) in [6.07, 6.45) is -0.438. The lowest BCUT2D eigenvalue weighted by Gasteiger charge is -2.52. The van der Waals surface area contributed by atoms with Crippen LogP contribution in [0.2, 0.25) is 0 Å². The zero-order valence-corrected chi connectivity index (χ0v) is 20.2. The number of primary amides is 1. The molecule has 0 aliphatic heterocycles. The number of fused-ring (bicyclic) bond motifs is 3. The lowest BCUT2D eigenvalue weighted by atomic mass is 9.54. The molecule has 5 rings (SSSR count). The largest absolute Gasteiger partial charge is 0.508 e. The lowest BCUT2D eigenvalue weighted by molar-refractivity contribution is -0.179. The fourth-order valence-corrected chi connectivity index (χ4v) is 6.21. The average molecular weight is 524 g/mol. The van der Waals surface area contributed by atoms with Crippen LogP contribution in [0.5, 0.6) is 5.75 Å². The Kier molecular flexibility index (Phi) is 6.01. The SMILES string of the molecule is C[C@H]1c2ccc(/C=C/c3ccc(F)cc3)c(O)c2C(=O)C2=C(O)[C@]3(O)C(=O)C(C(N)=O)C(O)C[C@@H]3[C@@H](O)[C@@H]21. The maximum absolute atomic E-state index is 13.7. The van der Waals surface area contributed by atoms with Gasteiger partial charge in [-0.05, 0) is 35.6 Å². The number of rotatable bonds is 3. The second kappa shape index (κ2) is 8.87. The van der Waals surface area contributed by atoms with Gasteiger partial charge in [-0.25, -0.2) is 4.39 Å². The smallest absolute Gasteiger partial charge is 0.230 e. The average Bonchev–Trinajstić information content (AvgIpc) is 2.86. The number of halogens is 1. The molecule has 0 heterocycles.